The second-order valence-electron chi connectivity index (χ2n) is 9.99. The molecule has 4 heterocycles. The first-order chi connectivity index (χ1) is 15.9. The third kappa shape index (κ3) is 3.27. The van der Waals surface area contributed by atoms with Crippen molar-refractivity contribution in [1.29, 1.82) is 0 Å². The fourth-order valence-corrected chi connectivity index (χ4v) is 5.26. The van der Waals surface area contributed by atoms with Gasteiger partial charge < -0.3 is 9.88 Å². The number of nitrogens with zero attached hydrogens (tertiary/aromatic N) is 4. The Morgan fingerprint density at radius 2 is 1.88 bits per heavy atom. The molecule has 6 rings (SSSR count). The molecule has 1 N–H and O–H groups in total. The lowest BCUT2D eigenvalue weighted by Crippen LogP contribution is -2.34. The van der Waals surface area contributed by atoms with Crippen molar-refractivity contribution in [1.82, 2.24) is 24.6 Å². The number of benzene rings is 1. The number of amides is 1. The molecule has 1 fully saturated rings. The summed E-state index contributed by atoms with van der Waals surface area (Å²) in [6.45, 7) is 7.27. The molecule has 0 saturated heterocycles. The SMILES string of the molecule is CC(C)c1cc(-c2cnc3[nH]cc(-c4cnn(C)c4)c3c2)cc2c1C(=O)N([C@@H](C)C1CC1)C2. The third-order valence-electron chi connectivity index (χ3n) is 7.36. The maximum atomic E-state index is 13.4. The number of aromatic amines is 1. The van der Waals surface area contributed by atoms with Crippen LogP contribution in [0.3, 0.4) is 0 Å². The van der Waals surface area contributed by atoms with E-state index in [0.717, 1.165) is 50.0 Å². The van der Waals surface area contributed by atoms with Crippen molar-refractivity contribution in [3.05, 3.63) is 59.7 Å². The van der Waals surface area contributed by atoms with Gasteiger partial charge in [0.2, 0.25) is 0 Å². The lowest BCUT2D eigenvalue weighted by molar-refractivity contribution is 0.0696. The van der Waals surface area contributed by atoms with E-state index in [1.807, 2.05) is 36.5 Å². The summed E-state index contributed by atoms with van der Waals surface area (Å²) < 4.78 is 1.81. The molecule has 1 aromatic carbocycles. The summed E-state index contributed by atoms with van der Waals surface area (Å²) in [4.78, 5) is 23.5. The monoisotopic (exact) mass is 439 g/mol. The molecule has 1 saturated carbocycles. The zero-order chi connectivity index (χ0) is 22.9. The summed E-state index contributed by atoms with van der Waals surface area (Å²) in [5, 5.41) is 5.40. The van der Waals surface area contributed by atoms with Crippen molar-refractivity contribution in [2.24, 2.45) is 13.0 Å². The van der Waals surface area contributed by atoms with E-state index in [4.69, 9.17) is 4.98 Å². The number of hydrogen-bond donors (Lipinski definition) is 1. The maximum Gasteiger partial charge on any atom is 0.255 e. The molecule has 3 aromatic heterocycles. The van der Waals surface area contributed by atoms with Gasteiger partial charge in [0.25, 0.3) is 5.91 Å². The van der Waals surface area contributed by atoms with Gasteiger partial charge in [-0.2, -0.15) is 5.10 Å². The predicted octanol–water partition coefficient (Wildman–Crippen LogP) is 5.51. The van der Waals surface area contributed by atoms with Crippen LogP contribution in [0.1, 0.15) is 61.0 Å². The van der Waals surface area contributed by atoms with Gasteiger partial charge in [-0.25, -0.2) is 4.98 Å². The lowest BCUT2D eigenvalue weighted by Gasteiger charge is -2.24. The minimum Gasteiger partial charge on any atom is -0.346 e. The van der Waals surface area contributed by atoms with Crippen LogP contribution in [0.15, 0.2) is 43.0 Å². The smallest absolute Gasteiger partial charge is 0.255 e. The first-order valence-electron chi connectivity index (χ1n) is 11.8. The Bertz CT molecular complexity index is 1390. The Balaban J connectivity index is 1.45. The Hall–Kier alpha value is -3.41. The lowest BCUT2D eigenvalue weighted by atomic mass is 9.90. The van der Waals surface area contributed by atoms with Gasteiger partial charge in [0.1, 0.15) is 5.65 Å². The third-order valence-corrected chi connectivity index (χ3v) is 7.36. The topological polar surface area (TPSA) is 66.8 Å². The molecule has 1 aliphatic heterocycles. The summed E-state index contributed by atoms with van der Waals surface area (Å²) in [6, 6.07) is 6.92. The van der Waals surface area contributed by atoms with Crippen LogP contribution in [0.5, 0.6) is 0 Å². The molecule has 0 unspecified atom stereocenters. The molecule has 1 amide bonds. The number of aromatic nitrogens is 4. The number of H-pyrrole nitrogens is 1. The highest BCUT2D eigenvalue weighted by atomic mass is 16.2. The van der Waals surface area contributed by atoms with E-state index in [0.29, 0.717) is 18.5 Å². The molecule has 6 nitrogen and oxygen atoms in total. The van der Waals surface area contributed by atoms with Crippen LogP contribution < -0.4 is 0 Å². The molecule has 168 valence electrons. The molecule has 4 aromatic rings. The quantitative estimate of drug-likeness (QED) is 0.446. The minimum atomic E-state index is 0.206. The number of aryl methyl sites for hydroxylation is 1. The van der Waals surface area contributed by atoms with Crippen LogP contribution in [-0.2, 0) is 13.6 Å². The maximum absolute atomic E-state index is 13.4. The fourth-order valence-electron chi connectivity index (χ4n) is 5.26. The van der Waals surface area contributed by atoms with E-state index >= 15 is 0 Å². The van der Waals surface area contributed by atoms with Crippen LogP contribution in [0, 0.1) is 5.92 Å². The van der Waals surface area contributed by atoms with Gasteiger partial charge in [-0.3, -0.25) is 9.48 Å². The predicted molar refractivity (Wildman–Crippen MR) is 130 cm³/mol. The van der Waals surface area contributed by atoms with Crippen LogP contribution in [0.2, 0.25) is 0 Å². The van der Waals surface area contributed by atoms with Crippen LogP contribution in [-0.4, -0.2) is 36.6 Å². The molecule has 6 heteroatoms. The molecule has 0 radical (unpaired) electrons. The first kappa shape index (κ1) is 20.2. The van der Waals surface area contributed by atoms with Crippen LogP contribution >= 0.6 is 0 Å². The number of carbonyl (C=O) groups is 1. The fraction of sp³-hybridized carbons (Fsp3) is 0.370. The highest BCUT2D eigenvalue weighted by Gasteiger charge is 2.39. The molecule has 2 aliphatic rings. The van der Waals surface area contributed by atoms with E-state index in [1.54, 1.807) is 0 Å². The number of pyridine rings is 1. The summed E-state index contributed by atoms with van der Waals surface area (Å²) >= 11 is 0. The second kappa shape index (κ2) is 7.30. The average Bonchev–Trinajstić information content (AvgIpc) is 3.30. The number of rotatable bonds is 5. The molecule has 1 aliphatic carbocycles. The van der Waals surface area contributed by atoms with Crippen LogP contribution in [0.25, 0.3) is 33.3 Å². The summed E-state index contributed by atoms with van der Waals surface area (Å²) in [6.07, 6.45) is 10.3. The second-order valence-corrected chi connectivity index (χ2v) is 9.99. The summed E-state index contributed by atoms with van der Waals surface area (Å²) in [7, 11) is 1.93. The van der Waals surface area contributed by atoms with Crippen molar-refractivity contribution in [3.63, 3.8) is 0 Å². The first-order valence-corrected chi connectivity index (χ1v) is 11.8. The van der Waals surface area contributed by atoms with Gasteiger partial charge in [-0.05, 0) is 60.4 Å². The van der Waals surface area contributed by atoms with E-state index in [2.05, 4.69) is 54.0 Å². The van der Waals surface area contributed by atoms with E-state index in [1.165, 1.54) is 12.8 Å². The highest BCUT2D eigenvalue weighted by molar-refractivity contribution is 6.01. The summed E-state index contributed by atoms with van der Waals surface area (Å²) in [5.41, 5.74) is 8.43. The van der Waals surface area contributed by atoms with Crippen molar-refractivity contribution >= 4 is 16.9 Å². The average molecular weight is 440 g/mol. The Morgan fingerprint density at radius 3 is 2.58 bits per heavy atom. The number of fused-ring (bicyclic) bond motifs is 2. The molecule has 33 heavy (non-hydrogen) atoms. The number of carbonyl (C=O) groups excluding carboxylic acids is 1. The van der Waals surface area contributed by atoms with E-state index in [-0.39, 0.29) is 11.8 Å². The van der Waals surface area contributed by atoms with Gasteiger partial charge in [0.15, 0.2) is 0 Å². The molecule has 0 bridgehead atoms. The van der Waals surface area contributed by atoms with Gasteiger partial charge in [0, 0.05) is 65.9 Å². The Morgan fingerprint density at radius 1 is 1.06 bits per heavy atom. The largest absolute Gasteiger partial charge is 0.346 e. The standard InChI is InChI=1S/C27H29N5O/c1-15(2)22-8-18(7-20-14-32(27(33)25(20)22)16(3)17-5-6-17)19-9-23-24(12-29-26(23)28-10-19)21-11-30-31(4)13-21/h7-13,15-17H,5-6,14H2,1-4H3,(H,28,29)/t16-/m0/s1. The van der Waals surface area contributed by atoms with Gasteiger partial charge >= 0.3 is 0 Å². The molecular formula is C27H29N5O. The van der Waals surface area contributed by atoms with Gasteiger partial charge in [-0.1, -0.05) is 19.9 Å². The van der Waals surface area contributed by atoms with E-state index in [9.17, 15) is 4.79 Å². The van der Waals surface area contributed by atoms with E-state index < -0.39 is 0 Å². The normalized spacial score (nSPS) is 16.8. The van der Waals surface area contributed by atoms with Crippen molar-refractivity contribution < 1.29 is 4.79 Å². The Labute approximate surface area is 193 Å². The molecule has 0 spiro atoms. The van der Waals surface area contributed by atoms with Crippen LogP contribution in [0.4, 0.5) is 0 Å². The number of nitrogens with one attached hydrogen (secondary N) is 1. The van der Waals surface area contributed by atoms with Gasteiger partial charge in [-0.15, -0.1) is 0 Å². The van der Waals surface area contributed by atoms with Crippen molar-refractivity contribution in [2.45, 2.75) is 52.1 Å². The van der Waals surface area contributed by atoms with Crippen molar-refractivity contribution in [2.75, 3.05) is 0 Å². The zero-order valence-electron chi connectivity index (χ0n) is 19.6. The Kier molecular flexibility index (Phi) is 4.47. The summed E-state index contributed by atoms with van der Waals surface area (Å²) in [5.74, 6) is 1.14. The highest BCUT2D eigenvalue weighted by Crippen LogP contribution is 2.41. The zero-order valence-corrected chi connectivity index (χ0v) is 19.6. The van der Waals surface area contributed by atoms with Gasteiger partial charge in [0.05, 0.1) is 6.20 Å². The van der Waals surface area contributed by atoms with Crippen molar-refractivity contribution in [3.8, 4) is 22.3 Å². The minimum absolute atomic E-state index is 0.206. The number of hydrogen-bond acceptors (Lipinski definition) is 3. The molecule has 1 atom stereocenters. The molecular weight excluding hydrogens is 410 g/mol.